The molecule has 0 fully saturated rings. The molecule has 0 spiro atoms. The van der Waals surface area contributed by atoms with Crippen molar-refractivity contribution in [3.05, 3.63) is 64.1 Å². The van der Waals surface area contributed by atoms with Crippen LogP contribution in [-0.4, -0.2) is 6.54 Å². The third kappa shape index (κ3) is 3.59. The van der Waals surface area contributed by atoms with Gasteiger partial charge in [-0.05, 0) is 30.7 Å². The summed E-state index contributed by atoms with van der Waals surface area (Å²) >= 11 is 3.46. The third-order valence-corrected chi connectivity index (χ3v) is 3.43. The molecule has 0 aliphatic rings. The number of rotatable bonds is 4. The van der Waals surface area contributed by atoms with Crippen LogP contribution in [0.25, 0.3) is 0 Å². The highest BCUT2D eigenvalue weighted by molar-refractivity contribution is 9.10. The van der Waals surface area contributed by atoms with E-state index < -0.39 is 0 Å². The number of benzene rings is 2. The smallest absolute Gasteiger partial charge is 0.0992 e. The number of halogens is 1. The van der Waals surface area contributed by atoms with Crippen molar-refractivity contribution in [1.29, 1.82) is 5.26 Å². The standard InChI is InChI=1S/C16H15BrN2/c1-2-19(12-13-6-4-3-5-7-13)16-9-14(11-18)8-15(17)10-16/h3-10H,2,12H2,1H3. The average molecular weight is 315 g/mol. The zero-order valence-corrected chi connectivity index (χ0v) is 12.4. The molecule has 2 aromatic rings. The van der Waals surface area contributed by atoms with Crippen molar-refractivity contribution in [2.75, 3.05) is 11.4 Å². The Morgan fingerprint density at radius 2 is 1.89 bits per heavy atom. The monoisotopic (exact) mass is 314 g/mol. The average Bonchev–Trinajstić information content (AvgIpc) is 2.45. The van der Waals surface area contributed by atoms with Crippen molar-refractivity contribution in [1.82, 2.24) is 0 Å². The first kappa shape index (κ1) is 13.6. The Kier molecular flexibility index (Phi) is 4.59. The summed E-state index contributed by atoms with van der Waals surface area (Å²) in [6.07, 6.45) is 0. The molecule has 0 amide bonds. The van der Waals surface area contributed by atoms with Gasteiger partial charge < -0.3 is 4.90 Å². The minimum Gasteiger partial charge on any atom is -0.367 e. The third-order valence-electron chi connectivity index (χ3n) is 2.97. The van der Waals surface area contributed by atoms with Crippen molar-refractivity contribution >= 4 is 21.6 Å². The van der Waals surface area contributed by atoms with Gasteiger partial charge in [-0.2, -0.15) is 5.26 Å². The van der Waals surface area contributed by atoms with Gasteiger partial charge in [-0.3, -0.25) is 0 Å². The quantitative estimate of drug-likeness (QED) is 0.839. The van der Waals surface area contributed by atoms with Crippen LogP contribution >= 0.6 is 15.9 Å². The lowest BCUT2D eigenvalue weighted by molar-refractivity contribution is 0.831. The van der Waals surface area contributed by atoms with Crippen LogP contribution in [0.4, 0.5) is 5.69 Å². The number of anilines is 1. The highest BCUT2D eigenvalue weighted by atomic mass is 79.9. The van der Waals surface area contributed by atoms with Crippen molar-refractivity contribution in [3.63, 3.8) is 0 Å². The summed E-state index contributed by atoms with van der Waals surface area (Å²) in [7, 11) is 0. The Labute approximate surface area is 122 Å². The van der Waals surface area contributed by atoms with E-state index in [2.05, 4.69) is 46.0 Å². The normalized spacial score (nSPS) is 9.95. The highest BCUT2D eigenvalue weighted by Crippen LogP contribution is 2.24. The fourth-order valence-electron chi connectivity index (χ4n) is 2.01. The Morgan fingerprint density at radius 3 is 2.53 bits per heavy atom. The van der Waals surface area contributed by atoms with Gasteiger partial charge in [-0.15, -0.1) is 0 Å². The summed E-state index contributed by atoms with van der Waals surface area (Å²) in [4.78, 5) is 2.25. The van der Waals surface area contributed by atoms with Crippen LogP contribution in [0.5, 0.6) is 0 Å². The number of hydrogen-bond donors (Lipinski definition) is 0. The number of nitrogens with zero attached hydrogens (tertiary/aromatic N) is 2. The molecule has 0 N–H and O–H groups in total. The second-order valence-electron chi connectivity index (χ2n) is 4.31. The highest BCUT2D eigenvalue weighted by Gasteiger charge is 2.07. The summed E-state index contributed by atoms with van der Waals surface area (Å²) in [6, 6.07) is 18.4. The molecule has 0 aliphatic heterocycles. The summed E-state index contributed by atoms with van der Waals surface area (Å²) in [5, 5.41) is 9.04. The summed E-state index contributed by atoms with van der Waals surface area (Å²) in [5.74, 6) is 0. The Balaban J connectivity index is 2.27. The summed E-state index contributed by atoms with van der Waals surface area (Å²) < 4.78 is 0.938. The maximum absolute atomic E-state index is 9.04. The second-order valence-corrected chi connectivity index (χ2v) is 5.23. The summed E-state index contributed by atoms with van der Waals surface area (Å²) in [5.41, 5.74) is 3.01. The first-order valence-corrected chi connectivity index (χ1v) is 7.02. The molecule has 3 heteroatoms. The van der Waals surface area contributed by atoms with Gasteiger partial charge in [-0.25, -0.2) is 0 Å². The predicted molar refractivity (Wildman–Crippen MR) is 82.0 cm³/mol. The first-order chi connectivity index (χ1) is 9.22. The molecule has 0 aromatic heterocycles. The number of nitriles is 1. The molecule has 0 heterocycles. The maximum Gasteiger partial charge on any atom is 0.0992 e. The van der Waals surface area contributed by atoms with Crippen LogP contribution in [0.1, 0.15) is 18.1 Å². The van der Waals surface area contributed by atoms with Gasteiger partial charge >= 0.3 is 0 Å². The van der Waals surface area contributed by atoms with Crippen LogP contribution in [0.3, 0.4) is 0 Å². The molecule has 96 valence electrons. The van der Waals surface area contributed by atoms with Crippen molar-refractivity contribution < 1.29 is 0 Å². The Hall–Kier alpha value is -1.79. The fourth-order valence-corrected chi connectivity index (χ4v) is 2.49. The van der Waals surface area contributed by atoms with Crippen molar-refractivity contribution in [2.24, 2.45) is 0 Å². The van der Waals surface area contributed by atoms with Gasteiger partial charge in [0.1, 0.15) is 0 Å². The molecule has 0 atom stereocenters. The summed E-state index contributed by atoms with van der Waals surface area (Å²) in [6.45, 7) is 3.87. The van der Waals surface area contributed by atoms with Crippen LogP contribution in [0.15, 0.2) is 53.0 Å². The van der Waals surface area contributed by atoms with Crippen LogP contribution in [-0.2, 0) is 6.54 Å². The minimum atomic E-state index is 0.677. The van der Waals surface area contributed by atoms with E-state index in [9.17, 15) is 0 Å². The molecule has 0 saturated carbocycles. The largest absolute Gasteiger partial charge is 0.367 e. The van der Waals surface area contributed by atoms with E-state index in [-0.39, 0.29) is 0 Å². The molecule has 2 rings (SSSR count). The zero-order chi connectivity index (χ0) is 13.7. The van der Waals surface area contributed by atoms with Gasteiger partial charge in [0.15, 0.2) is 0 Å². The van der Waals surface area contributed by atoms with Gasteiger partial charge in [-0.1, -0.05) is 46.3 Å². The maximum atomic E-state index is 9.04. The zero-order valence-electron chi connectivity index (χ0n) is 10.8. The molecule has 0 unspecified atom stereocenters. The van der Waals surface area contributed by atoms with Gasteiger partial charge in [0.25, 0.3) is 0 Å². The molecule has 0 saturated heterocycles. The lowest BCUT2D eigenvalue weighted by atomic mass is 10.1. The topological polar surface area (TPSA) is 27.0 Å². The second kappa shape index (κ2) is 6.40. The van der Waals surface area contributed by atoms with Gasteiger partial charge in [0.05, 0.1) is 11.6 Å². The molecule has 2 nitrogen and oxygen atoms in total. The molecule has 2 aromatic carbocycles. The first-order valence-electron chi connectivity index (χ1n) is 6.22. The SMILES string of the molecule is CCN(Cc1ccccc1)c1cc(Br)cc(C#N)c1. The predicted octanol–water partition coefficient (Wildman–Crippen LogP) is 4.35. The van der Waals surface area contributed by atoms with Gasteiger partial charge in [0, 0.05) is 23.2 Å². The Bertz CT molecular complexity index is 587. The van der Waals surface area contributed by atoms with E-state index in [0.29, 0.717) is 5.56 Å². The van der Waals surface area contributed by atoms with Crippen molar-refractivity contribution in [3.8, 4) is 6.07 Å². The van der Waals surface area contributed by atoms with Crippen LogP contribution < -0.4 is 4.90 Å². The lowest BCUT2D eigenvalue weighted by Gasteiger charge is -2.23. The van der Waals surface area contributed by atoms with Crippen LogP contribution in [0, 0.1) is 11.3 Å². The minimum absolute atomic E-state index is 0.677. The van der Waals surface area contributed by atoms with E-state index in [1.165, 1.54) is 5.56 Å². The molecular formula is C16H15BrN2. The lowest BCUT2D eigenvalue weighted by Crippen LogP contribution is -2.22. The fraction of sp³-hybridized carbons (Fsp3) is 0.188. The molecular weight excluding hydrogens is 300 g/mol. The van der Waals surface area contributed by atoms with E-state index >= 15 is 0 Å². The van der Waals surface area contributed by atoms with E-state index in [1.54, 1.807) is 0 Å². The molecule has 0 radical (unpaired) electrons. The van der Waals surface area contributed by atoms with E-state index in [0.717, 1.165) is 23.2 Å². The molecule has 0 aliphatic carbocycles. The van der Waals surface area contributed by atoms with E-state index in [4.69, 9.17) is 5.26 Å². The molecule has 19 heavy (non-hydrogen) atoms. The Morgan fingerprint density at radius 1 is 1.16 bits per heavy atom. The molecule has 0 bridgehead atoms. The van der Waals surface area contributed by atoms with Crippen molar-refractivity contribution in [2.45, 2.75) is 13.5 Å². The van der Waals surface area contributed by atoms with Crippen LogP contribution in [0.2, 0.25) is 0 Å². The number of hydrogen-bond acceptors (Lipinski definition) is 2. The van der Waals surface area contributed by atoms with Gasteiger partial charge in [0.2, 0.25) is 0 Å². The van der Waals surface area contributed by atoms with E-state index in [1.807, 2.05) is 36.4 Å².